The highest BCUT2D eigenvalue weighted by Gasteiger charge is 2.21. The fraction of sp³-hybridized carbons (Fsp3) is 0.350. The number of esters is 1. The third kappa shape index (κ3) is 4.92. The van der Waals surface area contributed by atoms with Crippen LogP contribution in [-0.2, 0) is 16.0 Å². The monoisotopic (exact) mass is 433 g/mol. The maximum atomic E-state index is 12.7. The molecule has 3 aromatic heterocycles. The van der Waals surface area contributed by atoms with Gasteiger partial charge in [-0.3, -0.25) is 4.79 Å². The number of ether oxygens (including phenoxy) is 2. The highest BCUT2D eigenvalue weighted by molar-refractivity contribution is 7.12. The molecule has 154 valence electrons. The zero-order chi connectivity index (χ0) is 20.8. The van der Waals surface area contributed by atoms with Crippen molar-refractivity contribution in [1.82, 2.24) is 14.9 Å². The van der Waals surface area contributed by atoms with E-state index in [0.29, 0.717) is 42.6 Å². The van der Waals surface area contributed by atoms with Crippen molar-refractivity contribution in [2.45, 2.75) is 20.4 Å². The smallest absolute Gasteiger partial charge is 0.367 e. The Morgan fingerprint density at radius 1 is 1.31 bits per heavy atom. The van der Waals surface area contributed by atoms with Gasteiger partial charge in [0, 0.05) is 29.6 Å². The first kappa shape index (κ1) is 21.2. The first-order valence-electron chi connectivity index (χ1n) is 9.17. The van der Waals surface area contributed by atoms with Crippen molar-refractivity contribution in [3.05, 3.63) is 50.1 Å². The van der Waals surface area contributed by atoms with Crippen molar-refractivity contribution < 1.29 is 19.1 Å². The van der Waals surface area contributed by atoms with E-state index in [0.717, 1.165) is 16.3 Å². The minimum Gasteiger partial charge on any atom is -0.461 e. The van der Waals surface area contributed by atoms with Gasteiger partial charge < -0.3 is 19.4 Å². The fourth-order valence-corrected chi connectivity index (χ4v) is 4.28. The maximum Gasteiger partial charge on any atom is 0.367 e. The second-order valence-corrected chi connectivity index (χ2v) is 8.09. The minimum atomic E-state index is -0.436. The summed E-state index contributed by atoms with van der Waals surface area (Å²) in [6, 6.07) is 5.88. The lowest BCUT2D eigenvalue weighted by Gasteiger charge is -2.10. The molecule has 7 nitrogen and oxygen atoms in total. The van der Waals surface area contributed by atoms with Crippen LogP contribution in [0.2, 0.25) is 0 Å². The van der Waals surface area contributed by atoms with E-state index in [4.69, 9.17) is 9.47 Å². The lowest BCUT2D eigenvalue weighted by atomic mass is 10.2. The fourth-order valence-electron chi connectivity index (χ4n) is 2.89. The number of nitrogens with one attached hydrogen (secondary N) is 1. The number of aromatic nitrogens is 2. The van der Waals surface area contributed by atoms with Crippen molar-refractivity contribution in [1.29, 1.82) is 0 Å². The van der Waals surface area contributed by atoms with Gasteiger partial charge in [0.2, 0.25) is 5.01 Å². The molecule has 0 saturated carbocycles. The molecule has 3 heterocycles. The summed E-state index contributed by atoms with van der Waals surface area (Å²) in [5, 5.41) is 7.01. The van der Waals surface area contributed by atoms with Gasteiger partial charge in [0.1, 0.15) is 0 Å². The number of amides is 1. The van der Waals surface area contributed by atoms with E-state index in [2.05, 4.69) is 20.9 Å². The van der Waals surface area contributed by atoms with Gasteiger partial charge in [0.05, 0.1) is 36.7 Å². The largest absolute Gasteiger partial charge is 0.461 e. The number of rotatable bonds is 9. The van der Waals surface area contributed by atoms with E-state index >= 15 is 0 Å². The van der Waals surface area contributed by atoms with E-state index in [1.54, 1.807) is 25.4 Å². The van der Waals surface area contributed by atoms with Crippen LogP contribution < -0.4 is 5.32 Å². The number of carbonyl (C=O) groups excluding carboxylic acids is 2. The molecule has 0 unspecified atom stereocenters. The summed E-state index contributed by atoms with van der Waals surface area (Å²) in [5.41, 5.74) is 2.86. The average molecular weight is 434 g/mol. The first-order valence-corrected chi connectivity index (χ1v) is 10.9. The molecule has 1 N–H and O–H groups in total. The quantitative estimate of drug-likeness (QED) is 0.412. The van der Waals surface area contributed by atoms with Crippen LogP contribution in [0.1, 0.15) is 37.7 Å². The highest BCUT2D eigenvalue weighted by Crippen LogP contribution is 2.29. The number of nitrogens with zero attached hydrogens (tertiary/aromatic N) is 2. The topological polar surface area (TPSA) is 82.4 Å². The van der Waals surface area contributed by atoms with Crippen LogP contribution in [0.15, 0.2) is 29.0 Å². The Hall–Kier alpha value is -2.49. The molecule has 0 spiro atoms. The van der Waals surface area contributed by atoms with Crippen LogP contribution >= 0.6 is 22.7 Å². The number of carbonyl (C=O) groups is 2. The highest BCUT2D eigenvalue weighted by atomic mass is 32.1. The first-order chi connectivity index (χ1) is 14.0. The average Bonchev–Trinajstić information content (AvgIpc) is 3.44. The zero-order valence-corrected chi connectivity index (χ0v) is 18.2. The Morgan fingerprint density at radius 2 is 2.14 bits per heavy atom. The minimum absolute atomic E-state index is 0.161. The summed E-state index contributed by atoms with van der Waals surface area (Å²) in [7, 11) is 1.59. The normalized spacial score (nSPS) is 10.9. The van der Waals surface area contributed by atoms with E-state index in [-0.39, 0.29) is 5.91 Å². The number of thiophene rings is 1. The summed E-state index contributed by atoms with van der Waals surface area (Å²) in [5.74, 6) is -0.596. The molecule has 1 amide bonds. The molecular formula is C20H23N3O4S2. The Bertz CT molecular complexity index is 976. The second kappa shape index (κ2) is 9.82. The van der Waals surface area contributed by atoms with Crippen LogP contribution in [0.3, 0.4) is 0 Å². The summed E-state index contributed by atoms with van der Waals surface area (Å²) in [4.78, 5) is 30.3. The van der Waals surface area contributed by atoms with Gasteiger partial charge in [-0.1, -0.05) is 6.07 Å². The van der Waals surface area contributed by atoms with Gasteiger partial charge in [-0.05, 0) is 31.4 Å². The summed E-state index contributed by atoms with van der Waals surface area (Å²) >= 11 is 2.89. The molecule has 9 heteroatoms. The number of hydrogen-bond acceptors (Lipinski definition) is 7. The Kier molecular flexibility index (Phi) is 7.18. The van der Waals surface area contributed by atoms with Crippen LogP contribution in [0.5, 0.6) is 0 Å². The molecule has 0 aliphatic rings. The third-order valence-electron chi connectivity index (χ3n) is 4.31. The summed E-state index contributed by atoms with van der Waals surface area (Å²) < 4.78 is 12.1. The van der Waals surface area contributed by atoms with E-state index < -0.39 is 5.97 Å². The van der Waals surface area contributed by atoms with Gasteiger partial charge in [-0.2, -0.15) is 0 Å². The van der Waals surface area contributed by atoms with Gasteiger partial charge in [0.15, 0.2) is 0 Å². The molecule has 0 bridgehead atoms. The lowest BCUT2D eigenvalue weighted by molar-refractivity contribution is 0.0526. The van der Waals surface area contributed by atoms with Gasteiger partial charge >= 0.3 is 5.97 Å². The van der Waals surface area contributed by atoms with Gasteiger partial charge in [-0.25, -0.2) is 9.78 Å². The summed E-state index contributed by atoms with van der Waals surface area (Å²) in [6.45, 7) is 5.48. The Labute approximate surface area is 177 Å². The van der Waals surface area contributed by atoms with E-state index in [9.17, 15) is 9.59 Å². The molecule has 0 saturated heterocycles. The van der Waals surface area contributed by atoms with Crippen molar-refractivity contribution in [3.8, 4) is 11.4 Å². The number of methoxy groups -OCH3 is 1. The molecule has 3 aromatic rings. The number of thiazole rings is 1. The molecule has 0 aliphatic carbocycles. The third-order valence-corrected chi connectivity index (χ3v) is 6.00. The predicted octanol–water partition coefficient (Wildman–Crippen LogP) is 3.58. The standard InChI is InChI=1S/C20H23N3O4S2/c1-4-27-20(25)19-22-16(12-29-19)17-10-15(18(24)21-7-8-26-3)13(2)23(17)11-14-6-5-9-28-14/h5-6,9-10,12H,4,7-8,11H2,1-3H3,(H,21,24). The van der Waals surface area contributed by atoms with E-state index in [1.165, 1.54) is 11.3 Å². The second-order valence-electron chi connectivity index (χ2n) is 6.20. The summed E-state index contributed by atoms with van der Waals surface area (Å²) in [6.07, 6.45) is 0. The maximum absolute atomic E-state index is 12.7. The van der Waals surface area contributed by atoms with Gasteiger partial charge in [0.25, 0.3) is 5.91 Å². The molecule has 0 aliphatic heterocycles. The lowest BCUT2D eigenvalue weighted by Crippen LogP contribution is -2.27. The van der Waals surface area contributed by atoms with Crippen LogP contribution in [0, 0.1) is 6.92 Å². The SMILES string of the molecule is CCOC(=O)c1nc(-c2cc(C(=O)NCCOC)c(C)n2Cc2cccs2)cs1. The number of hydrogen-bond donors (Lipinski definition) is 1. The Morgan fingerprint density at radius 3 is 2.83 bits per heavy atom. The molecule has 0 fully saturated rings. The van der Waals surface area contributed by atoms with E-state index in [1.807, 2.05) is 29.8 Å². The Balaban J connectivity index is 1.97. The van der Waals surface area contributed by atoms with Crippen LogP contribution in [0.25, 0.3) is 11.4 Å². The molecule has 3 rings (SSSR count). The van der Waals surface area contributed by atoms with Crippen molar-refractivity contribution in [3.63, 3.8) is 0 Å². The predicted molar refractivity (Wildman–Crippen MR) is 114 cm³/mol. The molecule has 0 radical (unpaired) electrons. The zero-order valence-electron chi connectivity index (χ0n) is 16.6. The van der Waals surface area contributed by atoms with Crippen molar-refractivity contribution in [2.75, 3.05) is 26.9 Å². The molecule has 0 aromatic carbocycles. The van der Waals surface area contributed by atoms with Crippen molar-refractivity contribution in [2.24, 2.45) is 0 Å². The van der Waals surface area contributed by atoms with Crippen molar-refractivity contribution >= 4 is 34.6 Å². The van der Waals surface area contributed by atoms with Crippen LogP contribution in [-0.4, -0.2) is 48.3 Å². The molecule has 29 heavy (non-hydrogen) atoms. The molecular weight excluding hydrogens is 410 g/mol. The van der Waals surface area contributed by atoms with Gasteiger partial charge in [-0.15, -0.1) is 22.7 Å². The van der Waals surface area contributed by atoms with Crippen LogP contribution in [0.4, 0.5) is 0 Å². The molecule has 0 atom stereocenters.